The highest BCUT2D eigenvalue weighted by atomic mass is 16.5. The number of amides is 1. The molecule has 1 amide bonds. The minimum absolute atomic E-state index is 0.0373. The Morgan fingerprint density at radius 3 is 2.86 bits per heavy atom. The molecule has 3 rings (SSSR count). The van der Waals surface area contributed by atoms with E-state index in [-0.39, 0.29) is 11.9 Å². The average molecular weight is 299 g/mol. The van der Waals surface area contributed by atoms with Crippen molar-refractivity contribution in [2.45, 2.75) is 25.8 Å². The van der Waals surface area contributed by atoms with Crippen LogP contribution in [-0.4, -0.2) is 37.1 Å². The van der Waals surface area contributed by atoms with Gasteiger partial charge in [0.05, 0.1) is 18.2 Å². The van der Waals surface area contributed by atoms with E-state index < -0.39 is 0 Å². The normalized spacial score (nSPS) is 17.9. The van der Waals surface area contributed by atoms with Crippen LogP contribution < -0.4 is 0 Å². The summed E-state index contributed by atoms with van der Waals surface area (Å²) in [6.45, 7) is 3.24. The van der Waals surface area contributed by atoms with Crippen molar-refractivity contribution in [1.82, 2.24) is 4.90 Å². The minimum Gasteiger partial charge on any atom is -0.461 e. The third-order valence-electron chi connectivity index (χ3n) is 4.12. The number of carbonyl (C=O) groups is 1. The molecule has 2 aromatic rings. The van der Waals surface area contributed by atoms with Crippen LogP contribution in [0.25, 0.3) is 11.3 Å². The number of nitrogens with zero attached hydrogens (tertiary/aromatic N) is 1. The van der Waals surface area contributed by atoms with Gasteiger partial charge in [-0.2, -0.15) is 0 Å². The van der Waals surface area contributed by atoms with Crippen molar-refractivity contribution >= 4 is 5.91 Å². The number of hydrogen-bond acceptors (Lipinski definition) is 3. The van der Waals surface area contributed by atoms with Gasteiger partial charge in [0.1, 0.15) is 11.5 Å². The molecule has 1 aromatic heterocycles. The molecule has 0 unspecified atom stereocenters. The van der Waals surface area contributed by atoms with Crippen LogP contribution in [0.5, 0.6) is 0 Å². The molecule has 1 aromatic carbocycles. The van der Waals surface area contributed by atoms with Crippen molar-refractivity contribution in [2.24, 2.45) is 0 Å². The third kappa shape index (κ3) is 2.79. The predicted octanol–water partition coefficient (Wildman–Crippen LogP) is 3.51. The first-order valence-corrected chi connectivity index (χ1v) is 7.66. The Morgan fingerprint density at radius 1 is 1.36 bits per heavy atom. The van der Waals surface area contributed by atoms with Crippen LogP contribution >= 0.6 is 0 Å². The highest BCUT2D eigenvalue weighted by Crippen LogP contribution is 2.30. The van der Waals surface area contributed by atoms with Crippen LogP contribution in [-0.2, 0) is 4.74 Å². The summed E-state index contributed by atoms with van der Waals surface area (Å²) in [5.41, 5.74) is 1.58. The van der Waals surface area contributed by atoms with Crippen LogP contribution in [0, 0.1) is 6.92 Å². The lowest BCUT2D eigenvalue weighted by molar-refractivity contribution is 0.0631. The molecule has 1 aliphatic rings. The summed E-state index contributed by atoms with van der Waals surface area (Å²) >= 11 is 0. The standard InChI is InChI=1S/C18H21NO3/c1-13-11-16(17(22-13)14-7-4-3-5-8-14)18(20)19-10-6-9-15(19)12-21-2/h3-5,7-8,11,15H,6,9-10,12H2,1-2H3/t15-/m1/s1. The van der Waals surface area contributed by atoms with Crippen LogP contribution in [0.15, 0.2) is 40.8 Å². The van der Waals surface area contributed by atoms with Crippen molar-refractivity contribution in [3.8, 4) is 11.3 Å². The maximum absolute atomic E-state index is 13.0. The molecule has 1 aliphatic heterocycles. The van der Waals surface area contributed by atoms with Gasteiger partial charge in [-0.25, -0.2) is 0 Å². The zero-order valence-corrected chi connectivity index (χ0v) is 13.0. The topological polar surface area (TPSA) is 42.7 Å². The summed E-state index contributed by atoms with van der Waals surface area (Å²) in [7, 11) is 1.68. The summed E-state index contributed by atoms with van der Waals surface area (Å²) in [4.78, 5) is 14.9. The first-order valence-electron chi connectivity index (χ1n) is 7.66. The molecule has 0 radical (unpaired) electrons. The van der Waals surface area contributed by atoms with E-state index in [1.54, 1.807) is 7.11 Å². The zero-order valence-electron chi connectivity index (χ0n) is 13.0. The van der Waals surface area contributed by atoms with E-state index in [0.717, 1.165) is 30.7 Å². The highest BCUT2D eigenvalue weighted by Gasteiger charge is 2.31. The summed E-state index contributed by atoms with van der Waals surface area (Å²) < 4.78 is 11.0. The minimum atomic E-state index is 0.0373. The molecule has 0 spiro atoms. The molecular weight excluding hydrogens is 278 g/mol. The fourth-order valence-corrected chi connectivity index (χ4v) is 3.10. The average Bonchev–Trinajstić information content (AvgIpc) is 3.14. The second-order valence-electron chi connectivity index (χ2n) is 5.72. The SMILES string of the molecule is COC[C@H]1CCCN1C(=O)c1cc(C)oc1-c1ccccc1. The van der Waals surface area contributed by atoms with E-state index in [1.165, 1.54) is 0 Å². The van der Waals surface area contributed by atoms with E-state index in [0.29, 0.717) is 17.9 Å². The Morgan fingerprint density at radius 2 is 2.14 bits per heavy atom. The van der Waals surface area contributed by atoms with E-state index >= 15 is 0 Å². The van der Waals surface area contributed by atoms with Gasteiger partial charge in [-0.3, -0.25) is 4.79 Å². The monoisotopic (exact) mass is 299 g/mol. The fourth-order valence-electron chi connectivity index (χ4n) is 3.10. The molecule has 4 nitrogen and oxygen atoms in total. The number of methoxy groups -OCH3 is 1. The van der Waals surface area contributed by atoms with Gasteiger partial charge in [-0.15, -0.1) is 0 Å². The molecule has 116 valence electrons. The quantitative estimate of drug-likeness (QED) is 0.867. The molecule has 0 N–H and O–H groups in total. The molecule has 1 fully saturated rings. The van der Waals surface area contributed by atoms with Crippen molar-refractivity contribution in [3.63, 3.8) is 0 Å². The van der Waals surface area contributed by atoms with Gasteiger partial charge in [-0.1, -0.05) is 30.3 Å². The molecule has 0 bridgehead atoms. The van der Waals surface area contributed by atoms with Crippen LogP contribution in [0.2, 0.25) is 0 Å². The van der Waals surface area contributed by atoms with Crippen LogP contribution in [0.3, 0.4) is 0 Å². The van der Waals surface area contributed by atoms with E-state index in [2.05, 4.69) is 0 Å². The van der Waals surface area contributed by atoms with E-state index in [1.807, 2.05) is 48.2 Å². The van der Waals surface area contributed by atoms with Gasteiger partial charge in [0.25, 0.3) is 5.91 Å². The lowest BCUT2D eigenvalue weighted by atomic mass is 10.1. The molecule has 4 heteroatoms. The number of likely N-dealkylation sites (tertiary alicyclic amines) is 1. The highest BCUT2D eigenvalue weighted by molar-refractivity contribution is 6.00. The summed E-state index contributed by atoms with van der Waals surface area (Å²) in [6, 6.07) is 11.8. The number of furan rings is 1. The summed E-state index contributed by atoms with van der Waals surface area (Å²) in [6.07, 6.45) is 2.02. The first-order chi connectivity index (χ1) is 10.7. The largest absolute Gasteiger partial charge is 0.461 e. The maximum Gasteiger partial charge on any atom is 0.258 e. The summed E-state index contributed by atoms with van der Waals surface area (Å²) in [5.74, 6) is 1.45. The van der Waals surface area contributed by atoms with Gasteiger partial charge in [-0.05, 0) is 25.8 Å². The Bertz CT molecular complexity index is 648. The van der Waals surface area contributed by atoms with Gasteiger partial charge in [0.2, 0.25) is 0 Å². The number of carbonyl (C=O) groups excluding carboxylic acids is 1. The van der Waals surface area contributed by atoms with E-state index in [9.17, 15) is 4.79 Å². The van der Waals surface area contributed by atoms with Crippen molar-refractivity contribution in [1.29, 1.82) is 0 Å². The first kappa shape index (κ1) is 14.9. The Balaban J connectivity index is 1.93. The zero-order chi connectivity index (χ0) is 15.5. The Hall–Kier alpha value is -2.07. The predicted molar refractivity (Wildman–Crippen MR) is 84.8 cm³/mol. The van der Waals surface area contributed by atoms with Crippen molar-refractivity contribution < 1.29 is 13.9 Å². The maximum atomic E-state index is 13.0. The Labute approximate surface area is 130 Å². The molecule has 1 saturated heterocycles. The van der Waals surface area contributed by atoms with Gasteiger partial charge in [0.15, 0.2) is 0 Å². The summed E-state index contributed by atoms with van der Waals surface area (Å²) in [5, 5.41) is 0. The second kappa shape index (κ2) is 6.36. The molecule has 0 aliphatic carbocycles. The van der Waals surface area contributed by atoms with Crippen LogP contribution in [0.4, 0.5) is 0 Å². The molecule has 22 heavy (non-hydrogen) atoms. The molecule has 0 saturated carbocycles. The van der Waals surface area contributed by atoms with Crippen molar-refractivity contribution in [3.05, 3.63) is 47.7 Å². The lowest BCUT2D eigenvalue weighted by Crippen LogP contribution is -2.38. The second-order valence-corrected chi connectivity index (χ2v) is 5.72. The number of rotatable bonds is 4. The van der Waals surface area contributed by atoms with E-state index in [4.69, 9.17) is 9.15 Å². The van der Waals surface area contributed by atoms with Gasteiger partial charge >= 0.3 is 0 Å². The number of aryl methyl sites for hydroxylation is 1. The number of hydrogen-bond donors (Lipinski definition) is 0. The molecule has 2 heterocycles. The molecule has 1 atom stereocenters. The van der Waals surface area contributed by atoms with Gasteiger partial charge in [0, 0.05) is 19.2 Å². The Kier molecular flexibility index (Phi) is 4.29. The smallest absolute Gasteiger partial charge is 0.258 e. The number of ether oxygens (including phenoxy) is 1. The lowest BCUT2D eigenvalue weighted by Gasteiger charge is -2.24. The number of benzene rings is 1. The van der Waals surface area contributed by atoms with Gasteiger partial charge < -0.3 is 14.1 Å². The fraction of sp³-hybridized carbons (Fsp3) is 0.389. The molecular formula is C18H21NO3. The van der Waals surface area contributed by atoms with Crippen molar-refractivity contribution in [2.75, 3.05) is 20.3 Å². The van der Waals surface area contributed by atoms with Crippen LogP contribution in [0.1, 0.15) is 29.0 Å². The third-order valence-corrected chi connectivity index (χ3v) is 4.12.